The third-order valence-electron chi connectivity index (χ3n) is 3.81. The molecular weight excluding hydrogens is 170 g/mol. The molecule has 1 aliphatic rings. The molecule has 2 N–H and O–H groups in total. The van der Waals surface area contributed by atoms with Crippen LogP contribution in [0.4, 0.5) is 0 Å². The van der Waals surface area contributed by atoms with Gasteiger partial charge in [-0.3, -0.25) is 0 Å². The molecule has 0 heterocycles. The van der Waals surface area contributed by atoms with Crippen molar-refractivity contribution in [2.75, 3.05) is 6.54 Å². The Kier molecular flexibility index (Phi) is 4.48. The number of hydrogen-bond donors (Lipinski definition) is 1. The molecule has 0 saturated heterocycles. The monoisotopic (exact) mass is 193 g/mol. The van der Waals surface area contributed by atoms with E-state index in [1.807, 2.05) is 0 Å². The van der Waals surface area contributed by atoms with Crippen molar-refractivity contribution >= 4 is 0 Å². The Hall–Kier alpha value is -0.480. The van der Waals surface area contributed by atoms with Crippen molar-refractivity contribution in [3.05, 3.63) is 0 Å². The van der Waals surface area contributed by atoms with Crippen LogP contribution >= 0.6 is 0 Å². The summed E-state index contributed by atoms with van der Waals surface area (Å²) in [5.74, 6) is 5.84. The Morgan fingerprint density at radius 1 is 1.36 bits per heavy atom. The molecule has 0 radical (unpaired) electrons. The second-order valence-electron chi connectivity index (χ2n) is 4.98. The van der Waals surface area contributed by atoms with Gasteiger partial charge in [-0.05, 0) is 49.5 Å². The minimum atomic E-state index is 0.682. The van der Waals surface area contributed by atoms with Crippen molar-refractivity contribution in [1.29, 1.82) is 0 Å². The van der Waals surface area contributed by atoms with Crippen LogP contribution in [-0.4, -0.2) is 6.54 Å². The van der Waals surface area contributed by atoms with Gasteiger partial charge in [0.25, 0.3) is 0 Å². The minimum absolute atomic E-state index is 0.682. The van der Waals surface area contributed by atoms with Crippen LogP contribution in [0.5, 0.6) is 0 Å². The summed E-state index contributed by atoms with van der Waals surface area (Å²) in [6, 6.07) is 0. The number of rotatable bonds is 3. The van der Waals surface area contributed by atoms with E-state index in [4.69, 9.17) is 12.2 Å². The fraction of sp³-hybridized carbons (Fsp3) is 0.846. The number of terminal acetylenes is 1. The van der Waals surface area contributed by atoms with E-state index < -0.39 is 0 Å². The molecule has 3 atom stereocenters. The molecule has 1 aliphatic carbocycles. The van der Waals surface area contributed by atoms with Crippen LogP contribution in [0.25, 0.3) is 0 Å². The van der Waals surface area contributed by atoms with Crippen LogP contribution in [0.2, 0.25) is 0 Å². The van der Waals surface area contributed by atoms with E-state index in [2.05, 4.69) is 19.8 Å². The quantitative estimate of drug-likeness (QED) is 0.685. The first kappa shape index (κ1) is 11.6. The van der Waals surface area contributed by atoms with E-state index in [9.17, 15) is 0 Å². The third kappa shape index (κ3) is 2.75. The molecule has 1 saturated carbocycles. The molecule has 3 unspecified atom stereocenters. The maximum atomic E-state index is 5.78. The molecular formula is C13H23N. The second-order valence-corrected chi connectivity index (χ2v) is 4.98. The van der Waals surface area contributed by atoms with Gasteiger partial charge in [-0.1, -0.05) is 13.8 Å². The van der Waals surface area contributed by atoms with Gasteiger partial charge in [-0.25, -0.2) is 0 Å². The van der Waals surface area contributed by atoms with E-state index in [1.165, 1.54) is 19.3 Å². The van der Waals surface area contributed by atoms with Gasteiger partial charge in [0.1, 0.15) is 0 Å². The summed E-state index contributed by atoms with van der Waals surface area (Å²) in [4.78, 5) is 0. The first-order valence-corrected chi connectivity index (χ1v) is 5.82. The Bertz CT molecular complexity index is 202. The predicted octanol–water partition coefficient (Wildman–Crippen LogP) is 2.66. The number of hydrogen-bond acceptors (Lipinski definition) is 1. The lowest BCUT2D eigenvalue weighted by Crippen LogP contribution is -2.31. The standard InChI is InChI=1S/C13H23N/c1-4-5-12-8-11(10(2)3)6-7-13(12)9-14/h1,10-13H,5-9,14H2,2-3H3. The van der Waals surface area contributed by atoms with Crippen LogP contribution < -0.4 is 5.73 Å². The molecule has 80 valence electrons. The summed E-state index contributed by atoms with van der Waals surface area (Å²) in [5.41, 5.74) is 5.78. The summed E-state index contributed by atoms with van der Waals surface area (Å²) < 4.78 is 0. The topological polar surface area (TPSA) is 26.0 Å². The van der Waals surface area contributed by atoms with Gasteiger partial charge in [-0.2, -0.15) is 0 Å². The zero-order valence-corrected chi connectivity index (χ0v) is 9.50. The van der Waals surface area contributed by atoms with Crippen molar-refractivity contribution in [3.8, 4) is 12.3 Å². The average Bonchev–Trinajstić information content (AvgIpc) is 2.18. The highest BCUT2D eigenvalue weighted by Gasteiger charge is 2.30. The van der Waals surface area contributed by atoms with E-state index >= 15 is 0 Å². The van der Waals surface area contributed by atoms with Gasteiger partial charge in [0.05, 0.1) is 0 Å². The molecule has 0 spiro atoms. The molecule has 0 aliphatic heterocycles. The maximum absolute atomic E-state index is 5.78. The molecule has 0 aromatic carbocycles. The summed E-state index contributed by atoms with van der Waals surface area (Å²) in [6.45, 7) is 5.46. The Morgan fingerprint density at radius 3 is 2.57 bits per heavy atom. The molecule has 1 nitrogen and oxygen atoms in total. The van der Waals surface area contributed by atoms with Crippen molar-refractivity contribution in [2.45, 2.75) is 39.5 Å². The summed E-state index contributed by atoms with van der Waals surface area (Å²) >= 11 is 0. The zero-order valence-electron chi connectivity index (χ0n) is 9.50. The number of nitrogens with two attached hydrogens (primary N) is 1. The first-order chi connectivity index (χ1) is 6.69. The third-order valence-corrected chi connectivity index (χ3v) is 3.81. The molecule has 0 aromatic rings. The highest BCUT2D eigenvalue weighted by molar-refractivity contribution is 4.92. The van der Waals surface area contributed by atoms with E-state index in [0.29, 0.717) is 11.8 Å². The molecule has 1 rings (SSSR count). The summed E-state index contributed by atoms with van der Waals surface area (Å²) in [6.07, 6.45) is 10.3. The maximum Gasteiger partial charge on any atom is 0.0118 e. The van der Waals surface area contributed by atoms with Crippen LogP contribution in [-0.2, 0) is 0 Å². The first-order valence-electron chi connectivity index (χ1n) is 5.82. The lowest BCUT2D eigenvalue weighted by Gasteiger charge is -2.36. The van der Waals surface area contributed by atoms with Crippen molar-refractivity contribution in [3.63, 3.8) is 0 Å². The van der Waals surface area contributed by atoms with Crippen LogP contribution in [0.15, 0.2) is 0 Å². The van der Waals surface area contributed by atoms with Gasteiger partial charge < -0.3 is 5.73 Å². The minimum Gasteiger partial charge on any atom is -0.330 e. The van der Waals surface area contributed by atoms with E-state index in [0.717, 1.165) is 24.8 Å². The predicted molar refractivity (Wildman–Crippen MR) is 61.7 cm³/mol. The van der Waals surface area contributed by atoms with Crippen molar-refractivity contribution in [2.24, 2.45) is 29.4 Å². The summed E-state index contributed by atoms with van der Waals surface area (Å²) in [7, 11) is 0. The van der Waals surface area contributed by atoms with Crippen LogP contribution in [0.3, 0.4) is 0 Å². The highest BCUT2D eigenvalue weighted by atomic mass is 14.6. The van der Waals surface area contributed by atoms with E-state index in [-0.39, 0.29) is 0 Å². The molecule has 0 aromatic heterocycles. The van der Waals surface area contributed by atoms with Crippen LogP contribution in [0, 0.1) is 36.0 Å². The lowest BCUT2D eigenvalue weighted by molar-refractivity contribution is 0.154. The normalized spacial score (nSPS) is 32.9. The Labute approximate surface area is 88.5 Å². The molecule has 0 amide bonds. The molecule has 14 heavy (non-hydrogen) atoms. The van der Waals surface area contributed by atoms with Gasteiger partial charge in [0.2, 0.25) is 0 Å². The van der Waals surface area contributed by atoms with Crippen molar-refractivity contribution < 1.29 is 0 Å². The Balaban J connectivity index is 2.53. The molecule has 1 heteroatoms. The van der Waals surface area contributed by atoms with Gasteiger partial charge in [0, 0.05) is 6.42 Å². The average molecular weight is 193 g/mol. The molecule has 1 fully saturated rings. The fourth-order valence-corrected chi connectivity index (χ4v) is 2.68. The molecule has 0 bridgehead atoms. The lowest BCUT2D eigenvalue weighted by atomic mass is 9.69. The van der Waals surface area contributed by atoms with Gasteiger partial charge in [0.15, 0.2) is 0 Å². The van der Waals surface area contributed by atoms with Gasteiger partial charge >= 0.3 is 0 Å². The van der Waals surface area contributed by atoms with Gasteiger partial charge in [-0.15, -0.1) is 12.3 Å². The SMILES string of the molecule is C#CCC1CC(C(C)C)CCC1CN. The second kappa shape index (κ2) is 5.41. The zero-order chi connectivity index (χ0) is 10.6. The van der Waals surface area contributed by atoms with E-state index in [1.54, 1.807) is 0 Å². The summed E-state index contributed by atoms with van der Waals surface area (Å²) in [5, 5.41) is 0. The Morgan fingerprint density at radius 2 is 2.07 bits per heavy atom. The smallest absolute Gasteiger partial charge is 0.0118 e. The van der Waals surface area contributed by atoms with Crippen LogP contribution in [0.1, 0.15) is 39.5 Å². The van der Waals surface area contributed by atoms with Crippen molar-refractivity contribution in [1.82, 2.24) is 0 Å². The fourth-order valence-electron chi connectivity index (χ4n) is 2.68. The largest absolute Gasteiger partial charge is 0.330 e. The highest BCUT2D eigenvalue weighted by Crippen LogP contribution is 2.38.